The zero-order chi connectivity index (χ0) is 14.7. The Balaban J connectivity index is 2.11. The highest BCUT2D eigenvalue weighted by Gasteiger charge is 2.13. The molecule has 0 saturated heterocycles. The highest BCUT2D eigenvalue weighted by molar-refractivity contribution is 14.1. The first-order chi connectivity index (χ1) is 9.45. The number of hydrogen-bond donors (Lipinski definition) is 2. The van der Waals surface area contributed by atoms with Gasteiger partial charge >= 0.3 is 5.97 Å². The molecule has 0 bridgehead atoms. The van der Waals surface area contributed by atoms with Crippen LogP contribution in [0, 0.1) is 3.57 Å². The molecule has 1 heterocycles. The van der Waals surface area contributed by atoms with Gasteiger partial charge in [0, 0.05) is 3.57 Å². The quantitative estimate of drug-likeness (QED) is 0.756. The van der Waals surface area contributed by atoms with Crippen LogP contribution < -0.4 is 5.32 Å². The Morgan fingerprint density at radius 3 is 2.85 bits per heavy atom. The van der Waals surface area contributed by atoms with Gasteiger partial charge in [0.1, 0.15) is 6.54 Å². The topological polar surface area (TPSA) is 97.1 Å². The lowest BCUT2D eigenvalue weighted by atomic mass is 10.3. The molecule has 20 heavy (non-hydrogen) atoms. The molecule has 1 aromatic heterocycles. The van der Waals surface area contributed by atoms with Crippen molar-refractivity contribution in [2.75, 3.05) is 5.32 Å². The number of rotatable bonds is 4. The number of hydrogen-bond acceptors (Lipinski definition) is 4. The maximum Gasteiger partial charge on any atom is 0.325 e. The minimum Gasteiger partial charge on any atom is -0.480 e. The third-order valence-electron chi connectivity index (χ3n) is 2.25. The number of aliphatic carboxylic acids is 1. The number of anilines is 1. The second-order valence-electron chi connectivity index (χ2n) is 3.77. The Kier molecular flexibility index (Phi) is 4.55. The van der Waals surface area contributed by atoms with Crippen LogP contribution in [0.1, 0.15) is 10.5 Å². The van der Waals surface area contributed by atoms with E-state index in [1.807, 2.05) is 0 Å². The molecule has 104 valence electrons. The van der Waals surface area contributed by atoms with E-state index in [-0.39, 0.29) is 12.2 Å². The van der Waals surface area contributed by atoms with Crippen LogP contribution in [-0.4, -0.2) is 32.0 Å². The monoisotopic (exact) mass is 406 g/mol. The molecule has 0 aliphatic rings. The second-order valence-corrected chi connectivity index (χ2v) is 5.43. The summed E-state index contributed by atoms with van der Waals surface area (Å²) in [6.07, 6.45) is 1.25. The van der Waals surface area contributed by atoms with Crippen LogP contribution in [0.5, 0.6) is 0 Å². The SMILES string of the molecule is O=C(O)Cn1cc(C(=O)Nc2ccc(I)cc2Cl)nn1. The molecule has 2 N–H and O–H groups in total. The van der Waals surface area contributed by atoms with Gasteiger partial charge in [-0.25, -0.2) is 4.68 Å². The summed E-state index contributed by atoms with van der Waals surface area (Å²) < 4.78 is 2.00. The summed E-state index contributed by atoms with van der Waals surface area (Å²) in [5.41, 5.74) is 0.464. The molecule has 7 nitrogen and oxygen atoms in total. The van der Waals surface area contributed by atoms with Crippen molar-refractivity contribution in [3.05, 3.63) is 38.7 Å². The van der Waals surface area contributed by atoms with E-state index in [4.69, 9.17) is 16.7 Å². The smallest absolute Gasteiger partial charge is 0.325 e. The number of aromatic nitrogens is 3. The molecule has 0 atom stereocenters. The number of carboxylic acids is 1. The Hall–Kier alpha value is -1.68. The molecule has 1 aromatic carbocycles. The molecule has 2 aromatic rings. The first-order valence-electron chi connectivity index (χ1n) is 5.34. The minimum absolute atomic E-state index is 0.0147. The number of halogens is 2. The van der Waals surface area contributed by atoms with E-state index in [1.54, 1.807) is 18.2 Å². The van der Waals surface area contributed by atoms with Crippen LogP contribution in [-0.2, 0) is 11.3 Å². The Morgan fingerprint density at radius 1 is 1.45 bits per heavy atom. The van der Waals surface area contributed by atoms with Crippen molar-refractivity contribution in [3.63, 3.8) is 0 Å². The van der Waals surface area contributed by atoms with Crippen molar-refractivity contribution >= 4 is 51.8 Å². The number of carbonyl (C=O) groups excluding carboxylic acids is 1. The van der Waals surface area contributed by atoms with Crippen molar-refractivity contribution in [3.8, 4) is 0 Å². The van der Waals surface area contributed by atoms with E-state index in [0.717, 1.165) is 8.25 Å². The molecule has 9 heteroatoms. The van der Waals surface area contributed by atoms with Crippen molar-refractivity contribution in [1.29, 1.82) is 0 Å². The third-order valence-corrected chi connectivity index (χ3v) is 3.23. The predicted molar refractivity (Wildman–Crippen MR) is 79.8 cm³/mol. The number of amides is 1. The zero-order valence-electron chi connectivity index (χ0n) is 9.88. The molecule has 2 rings (SSSR count). The van der Waals surface area contributed by atoms with E-state index in [0.29, 0.717) is 10.7 Å². The Labute approximate surface area is 132 Å². The van der Waals surface area contributed by atoms with Crippen molar-refractivity contribution < 1.29 is 14.7 Å². The largest absolute Gasteiger partial charge is 0.480 e. The highest BCUT2D eigenvalue weighted by Crippen LogP contribution is 2.24. The molecule has 0 aliphatic heterocycles. The number of nitrogens with one attached hydrogen (secondary N) is 1. The van der Waals surface area contributed by atoms with Gasteiger partial charge < -0.3 is 10.4 Å². The van der Waals surface area contributed by atoms with Crippen LogP contribution in [0.25, 0.3) is 0 Å². The molecular weight excluding hydrogens is 399 g/mol. The first kappa shape index (κ1) is 14.7. The van der Waals surface area contributed by atoms with E-state index in [1.165, 1.54) is 6.20 Å². The van der Waals surface area contributed by atoms with Crippen LogP contribution in [0.2, 0.25) is 5.02 Å². The first-order valence-corrected chi connectivity index (χ1v) is 6.79. The van der Waals surface area contributed by atoms with Crippen LogP contribution >= 0.6 is 34.2 Å². The number of carbonyl (C=O) groups is 2. The molecule has 0 unspecified atom stereocenters. The maximum atomic E-state index is 11.9. The predicted octanol–water partition coefficient (Wildman–Crippen LogP) is 1.87. The molecule has 0 aliphatic carbocycles. The average molecular weight is 407 g/mol. The maximum absolute atomic E-state index is 11.9. The summed E-state index contributed by atoms with van der Waals surface area (Å²) in [7, 11) is 0. The summed E-state index contributed by atoms with van der Waals surface area (Å²) in [5, 5.41) is 18.7. The fraction of sp³-hybridized carbons (Fsp3) is 0.0909. The van der Waals surface area contributed by atoms with E-state index < -0.39 is 11.9 Å². The molecule has 1 amide bonds. The lowest BCUT2D eigenvalue weighted by Crippen LogP contribution is -2.13. The van der Waals surface area contributed by atoms with Gasteiger partial charge in [-0.3, -0.25) is 9.59 Å². The molecule has 0 saturated carbocycles. The van der Waals surface area contributed by atoms with Gasteiger partial charge in [-0.05, 0) is 40.8 Å². The molecule has 0 fully saturated rings. The van der Waals surface area contributed by atoms with Gasteiger partial charge in [0.05, 0.1) is 16.9 Å². The zero-order valence-corrected chi connectivity index (χ0v) is 12.8. The lowest BCUT2D eigenvalue weighted by Gasteiger charge is -2.05. The second kappa shape index (κ2) is 6.18. The van der Waals surface area contributed by atoms with Gasteiger partial charge in [0.25, 0.3) is 5.91 Å². The average Bonchev–Trinajstić information content (AvgIpc) is 2.80. The van der Waals surface area contributed by atoms with Gasteiger partial charge in [-0.15, -0.1) is 5.10 Å². The normalized spacial score (nSPS) is 10.3. The number of nitrogens with zero attached hydrogens (tertiary/aromatic N) is 3. The summed E-state index contributed by atoms with van der Waals surface area (Å²) in [4.78, 5) is 22.4. The fourth-order valence-corrected chi connectivity index (χ4v) is 2.30. The third kappa shape index (κ3) is 3.67. The number of carboxylic acid groups (broad SMARTS) is 1. The Bertz CT molecular complexity index is 673. The molecular formula is C11H8ClIN4O3. The fourth-order valence-electron chi connectivity index (χ4n) is 1.40. The van der Waals surface area contributed by atoms with Crippen molar-refractivity contribution in [2.45, 2.75) is 6.54 Å². The van der Waals surface area contributed by atoms with Gasteiger partial charge in [0.15, 0.2) is 5.69 Å². The Morgan fingerprint density at radius 2 is 2.20 bits per heavy atom. The summed E-state index contributed by atoms with van der Waals surface area (Å²) >= 11 is 8.10. The van der Waals surface area contributed by atoms with Gasteiger partial charge in [-0.1, -0.05) is 16.8 Å². The van der Waals surface area contributed by atoms with E-state index >= 15 is 0 Å². The summed E-state index contributed by atoms with van der Waals surface area (Å²) in [6, 6.07) is 5.17. The minimum atomic E-state index is -1.07. The van der Waals surface area contributed by atoms with Gasteiger partial charge in [0.2, 0.25) is 0 Å². The molecule has 0 radical (unpaired) electrons. The highest BCUT2D eigenvalue weighted by atomic mass is 127. The van der Waals surface area contributed by atoms with E-state index in [2.05, 4.69) is 38.2 Å². The lowest BCUT2D eigenvalue weighted by molar-refractivity contribution is -0.137. The van der Waals surface area contributed by atoms with Crippen molar-refractivity contribution in [1.82, 2.24) is 15.0 Å². The summed E-state index contributed by atoms with van der Waals surface area (Å²) in [6.45, 7) is -0.357. The van der Waals surface area contributed by atoms with Gasteiger partial charge in [-0.2, -0.15) is 0 Å². The van der Waals surface area contributed by atoms with Crippen LogP contribution in [0.4, 0.5) is 5.69 Å². The van der Waals surface area contributed by atoms with Crippen molar-refractivity contribution in [2.24, 2.45) is 0 Å². The van der Waals surface area contributed by atoms with Crippen LogP contribution in [0.15, 0.2) is 24.4 Å². The van der Waals surface area contributed by atoms with E-state index in [9.17, 15) is 9.59 Å². The standard InChI is InChI=1S/C11H8ClIN4O3/c12-7-3-6(13)1-2-8(7)14-11(20)9-4-17(16-15-9)5-10(18)19/h1-4H,5H2,(H,14,20)(H,18,19). The molecule has 0 spiro atoms. The number of benzene rings is 1. The van der Waals surface area contributed by atoms with Crippen LogP contribution in [0.3, 0.4) is 0 Å². The summed E-state index contributed by atoms with van der Waals surface area (Å²) in [5.74, 6) is -1.58.